The van der Waals surface area contributed by atoms with Gasteiger partial charge in [0, 0.05) is 6.04 Å². The summed E-state index contributed by atoms with van der Waals surface area (Å²) < 4.78 is 13.6. The average Bonchev–Trinajstić information content (AvgIpc) is 2.30. The second kappa shape index (κ2) is 5.90. The van der Waals surface area contributed by atoms with Gasteiger partial charge in [0.05, 0.1) is 11.3 Å². The predicted molar refractivity (Wildman–Crippen MR) is 74.4 cm³/mol. The molecule has 0 heterocycles. The van der Waals surface area contributed by atoms with Crippen LogP contribution in [0.2, 0.25) is 0 Å². The largest absolute Gasteiger partial charge is 0.478 e. The minimum absolute atomic E-state index is 0.0615. The lowest BCUT2D eigenvalue weighted by molar-refractivity contribution is 0.0696. The fourth-order valence-electron chi connectivity index (χ4n) is 1.32. The summed E-state index contributed by atoms with van der Waals surface area (Å²) in [6.07, 6.45) is 0. The quantitative estimate of drug-likeness (QED) is 0.797. The molecule has 3 N–H and O–H groups in total. The molecule has 6 heteroatoms. The number of carbonyl (C=O) groups is 2. The zero-order valence-electron chi connectivity index (χ0n) is 12.0. The fourth-order valence-corrected chi connectivity index (χ4v) is 1.32. The third-order valence-corrected chi connectivity index (χ3v) is 3.11. The van der Waals surface area contributed by atoms with Gasteiger partial charge in [0.1, 0.15) is 5.82 Å². The maximum Gasteiger partial charge on any atom is 0.335 e. The number of carboxylic acids is 1. The molecule has 0 saturated heterocycles. The number of carboxylic acid groups (broad SMARTS) is 1. The summed E-state index contributed by atoms with van der Waals surface area (Å²) >= 11 is 0. The molecule has 0 spiro atoms. The molecule has 0 radical (unpaired) electrons. The van der Waals surface area contributed by atoms with E-state index in [1.807, 2.05) is 27.7 Å². The van der Waals surface area contributed by atoms with Gasteiger partial charge in [0.2, 0.25) is 0 Å². The summed E-state index contributed by atoms with van der Waals surface area (Å²) in [5, 5.41) is 13.8. The SMILES string of the molecule is CC(NC(=O)Nc1ccc(C(=O)O)cc1F)C(C)(C)C. The molecule has 0 aliphatic heterocycles. The van der Waals surface area contributed by atoms with Gasteiger partial charge in [-0.25, -0.2) is 14.0 Å². The zero-order chi connectivity index (χ0) is 15.5. The average molecular weight is 282 g/mol. The smallest absolute Gasteiger partial charge is 0.335 e. The Labute approximate surface area is 117 Å². The van der Waals surface area contributed by atoms with Gasteiger partial charge in [-0.05, 0) is 30.5 Å². The van der Waals surface area contributed by atoms with E-state index >= 15 is 0 Å². The Balaban J connectivity index is 2.74. The number of anilines is 1. The highest BCUT2D eigenvalue weighted by molar-refractivity contribution is 5.91. The molecule has 2 amide bonds. The number of rotatable bonds is 3. The molecule has 0 saturated carbocycles. The molecule has 0 bridgehead atoms. The summed E-state index contributed by atoms with van der Waals surface area (Å²) in [4.78, 5) is 22.4. The number of aromatic carboxylic acids is 1. The van der Waals surface area contributed by atoms with E-state index in [-0.39, 0.29) is 22.7 Å². The van der Waals surface area contributed by atoms with Crippen LogP contribution >= 0.6 is 0 Å². The van der Waals surface area contributed by atoms with Gasteiger partial charge in [-0.3, -0.25) is 0 Å². The summed E-state index contributed by atoms with van der Waals surface area (Å²) in [5.74, 6) is -2.01. The van der Waals surface area contributed by atoms with Crippen LogP contribution in [0.1, 0.15) is 38.1 Å². The minimum Gasteiger partial charge on any atom is -0.478 e. The molecule has 0 fully saturated rings. The highest BCUT2D eigenvalue weighted by Crippen LogP contribution is 2.19. The van der Waals surface area contributed by atoms with Crippen molar-refractivity contribution >= 4 is 17.7 Å². The first kappa shape index (κ1) is 15.9. The van der Waals surface area contributed by atoms with Crippen LogP contribution in [-0.4, -0.2) is 23.1 Å². The summed E-state index contributed by atoms with van der Waals surface area (Å²) in [5.41, 5.74) is -0.353. The molecule has 1 aromatic carbocycles. The molecule has 1 rings (SSSR count). The van der Waals surface area contributed by atoms with Crippen LogP contribution in [0.25, 0.3) is 0 Å². The van der Waals surface area contributed by atoms with Crippen molar-refractivity contribution in [2.75, 3.05) is 5.32 Å². The summed E-state index contributed by atoms with van der Waals surface area (Å²) in [6.45, 7) is 7.77. The molecular weight excluding hydrogens is 263 g/mol. The van der Waals surface area contributed by atoms with Gasteiger partial charge in [-0.15, -0.1) is 0 Å². The molecule has 5 nitrogen and oxygen atoms in total. The maximum absolute atomic E-state index is 13.6. The van der Waals surface area contributed by atoms with E-state index in [0.717, 1.165) is 6.07 Å². The minimum atomic E-state index is -1.22. The summed E-state index contributed by atoms with van der Waals surface area (Å²) in [7, 11) is 0. The van der Waals surface area contributed by atoms with Crippen LogP contribution < -0.4 is 10.6 Å². The fraction of sp³-hybridized carbons (Fsp3) is 0.429. The third-order valence-electron chi connectivity index (χ3n) is 3.11. The molecule has 110 valence electrons. The third kappa shape index (κ3) is 4.22. The lowest BCUT2D eigenvalue weighted by Crippen LogP contribution is -2.43. The van der Waals surface area contributed by atoms with Crippen molar-refractivity contribution in [3.8, 4) is 0 Å². The van der Waals surface area contributed by atoms with E-state index in [2.05, 4.69) is 10.6 Å². The van der Waals surface area contributed by atoms with E-state index in [9.17, 15) is 14.0 Å². The first-order valence-electron chi connectivity index (χ1n) is 6.21. The maximum atomic E-state index is 13.6. The van der Waals surface area contributed by atoms with Crippen LogP contribution in [0.5, 0.6) is 0 Å². The van der Waals surface area contributed by atoms with Crippen LogP contribution in [0.15, 0.2) is 18.2 Å². The summed E-state index contributed by atoms with van der Waals surface area (Å²) in [6, 6.07) is 2.68. The van der Waals surface area contributed by atoms with Crippen LogP contribution in [-0.2, 0) is 0 Å². The van der Waals surface area contributed by atoms with Crippen LogP contribution in [0.4, 0.5) is 14.9 Å². The molecule has 0 aliphatic rings. The number of nitrogens with one attached hydrogen (secondary N) is 2. The van der Waals surface area contributed by atoms with E-state index in [1.54, 1.807) is 0 Å². The van der Waals surface area contributed by atoms with Crippen molar-refractivity contribution in [2.45, 2.75) is 33.7 Å². The van der Waals surface area contributed by atoms with Crippen molar-refractivity contribution in [3.63, 3.8) is 0 Å². The first-order chi connectivity index (χ1) is 9.11. The Morgan fingerprint density at radius 1 is 1.30 bits per heavy atom. The van der Waals surface area contributed by atoms with Gasteiger partial charge in [0.25, 0.3) is 0 Å². The van der Waals surface area contributed by atoms with Gasteiger partial charge < -0.3 is 15.7 Å². The lowest BCUT2D eigenvalue weighted by atomic mass is 9.88. The molecule has 0 aromatic heterocycles. The highest BCUT2D eigenvalue weighted by Gasteiger charge is 2.22. The van der Waals surface area contributed by atoms with Gasteiger partial charge in [-0.2, -0.15) is 0 Å². The number of carbonyl (C=O) groups excluding carboxylic acids is 1. The van der Waals surface area contributed by atoms with Crippen molar-refractivity contribution in [3.05, 3.63) is 29.6 Å². The Kier molecular flexibility index (Phi) is 4.70. The zero-order valence-corrected chi connectivity index (χ0v) is 12.0. The number of urea groups is 1. The van der Waals surface area contributed by atoms with Crippen molar-refractivity contribution in [1.29, 1.82) is 0 Å². The van der Waals surface area contributed by atoms with Gasteiger partial charge in [0.15, 0.2) is 0 Å². The lowest BCUT2D eigenvalue weighted by Gasteiger charge is -2.28. The standard InChI is InChI=1S/C14H19FN2O3/c1-8(14(2,3)4)16-13(20)17-11-6-5-9(12(18)19)7-10(11)15/h5-8H,1-4H3,(H,18,19)(H2,16,17,20). The molecule has 1 aromatic rings. The number of hydrogen-bond acceptors (Lipinski definition) is 2. The number of amides is 2. The van der Waals surface area contributed by atoms with Crippen molar-refractivity contribution in [1.82, 2.24) is 5.32 Å². The van der Waals surface area contributed by atoms with E-state index < -0.39 is 17.8 Å². The van der Waals surface area contributed by atoms with Crippen molar-refractivity contribution < 1.29 is 19.1 Å². The Morgan fingerprint density at radius 3 is 2.35 bits per heavy atom. The van der Waals surface area contributed by atoms with Crippen LogP contribution in [0, 0.1) is 11.2 Å². The van der Waals surface area contributed by atoms with Gasteiger partial charge in [-0.1, -0.05) is 20.8 Å². The number of benzene rings is 1. The Hall–Kier alpha value is -2.11. The molecule has 1 atom stereocenters. The Bertz CT molecular complexity index is 524. The molecule has 0 aliphatic carbocycles. The molecule has 1 unspecified atom stereocenters. The highest BCUT2D eigenvalue weighted by atomic mass is 19.1. The number of hydrogen-bond donors (Lipinski definition) is 3. The second-order valence-electron chi connectivity index (χ2n) is 5.69. The van der Waals surface area contributed by atoms with Crippen molar-refractivity contribution in [2.24, 2.45) is 5.41 Å². The topological polar surface area (TPSA) is 78.4 Å². The molecular formula is C14H19FN2O3. The Morgan fingerprint density at radius 2 is 1.90 bits per heavy atom. The van der Waals surface area contributed by atoms with Crippen LogP contribution in [0.3, 0.4) is 0 Å². The van der Waals surface area contributed by atoms with Gasteiger partial charge >= 0.3 is 12.0 Å². The normalized spacial score (nSPS) is 12.7. The van der Waals surface area contributed by atoms with E-state index in [1.165, 1.54) is 12.1 Å². The first-order valence-corrected chi connectivity index (χ1v) is 6.21. The van der Waals surface area contributed by atoms with E-state index in [4.69, 9.17) is 5.11 Å². The monoisotopic (exact) mass is 282 g/mol. The van der Waals surface area contributed by atoms with E-state index in [0.29, 0.717) is 0 Å². The number of halogens is 1. The second-order valence-corrected chi connectivity index (χ2v) is 5.69. The predicted octanol–water partition coefficient (Wildman–Crippen LogP) is 3.08. The molecule has 20 heavy (non-hydrogen) atoms.